The Morgan fingerprint density at radius 3 is 2.07 bits per heavy atom. The van der Waals surface area contributed by atoms with Crippen LogP contribution in [0, 0.1) is 0 Å². The number of methoxy groups -OCH3 is 3. The topological polar surface area (TPSA) is 48.0 Å². The fourth-order valence-electron chi connectivity index (χ4n) is 2.89. The monoisotopic (exact) mass is 369 g/mol. The van der Waals surface area contributed by atoms with Crippen LogP contribution in [-0.4, -0.2) is 45.2 Å². The minimum atomic E-state index is -0.0856. The molecule has 0 saturated carbocycles. The SMILES string of the molecule is CCN(C/C(C)=C/c1ccccc1)C(=O)c1cc(OC)c(OC)c(OC)c1. The van der Waals surface area contributed by atoms with E-state index in [1.165, 1.54) is 21.3 Å². The van der Waals surface area contributed by atoms with E-state index >= 15 is 0 Å². The number of amides is 1. The highest BCUT2D eigenvalue weighted by atomic mass is 16.5. The second-order valence-corrected chi connectivity index (χ2v) is 6.13. The van der Waals surface area contributed by atoms with E-state index in [0.717, 1.165) is 11.1 Å². The van der Waals surface area contributed by atoms with E-state index in [-0.39, 0.29) is 5.91 Å². The van der Waals surface area contributed by atoms with E-state index in [1.807, 2.05) is 44.2 Å². The summed E-state index contributed by atoms with van der Waals surface area (Å²) in [5.74, 6) is 1.32. The molecule has 0 aliphatic rings. The van der Waals surface area contributed by atoms with Gasteiger partial charge in [0.25, 0.3) is 5.91 Å². The highest BCUT2D eigenvalue weighted by Crippen LogP contribution is 2.38. The molecule has 0 spiro atoms. The molecule has 0 aliphatic heterocycles. The van der Waals surface area contributed by atoms with Crippen molar-refractivity contribution in [2.75, 3.05) is 34.4 Å². The lowest BCUT2D eigenvalue weighted by Gasteiger charge is -2.22. The predicted molar refractivity (Wildman–Crippen MR) is 108 cm³/mol. The molecule has 2 rings (SSSR count). The number of carbonyl (C=O) groups is 1. The van der Waals surface area contributed by atoms with E-state index in [2.05, 4.69) is 6.08 Å². The van der Waals surface area contributed by atoms with Crippen LogP contribution in [0.2, 0.25) is 0 Å². The van der Waals surface area contributed by atoms with E-state index in [1.54, 1.807) is 17.0 Å². The number of hydrogen-bond acceptors (Lipinski definition) is 4. The average molecular weight is 369 g/mol. The zero-order valence-corrected chi connectivity index (χ0v) is 16.6. The van der Waals surface area contributed by atoms with Crippen LogP contribution in [0.5, 0.6) is 17.2 Å². The first kappa shape index (κ1) is 20.4. The van der Waals surface area contributed by atoms with Gasteiger partial charge in [-0.2, -0.15) is 0 Å². The van der Waals surface area contributed by atoms with E-state index < -0.39 is 0 Å². The fourth-order valence-corrected chi connectivity index (χ4v) is 2.89. The lowest BCUT2D eigenvalue weighted by molar-refractivity contribution is 0.0777. The first-order valence-electron chi connectivity index (χ1n) is 8.85. The van der Waals surface area contributed by atoms with Gasteiger partial charge < -0.3 is 19.1 Å². The van der Waals surface area contributed by atoms with Crippen LogP contribution in [0.3, 0.4) is 0 Å². The molecule has 0 atom stereocenters. The Labute approximate surface area is 161 Å². The average Bonchev–Trinajstić information content (AvgIpc) is 2.70. The molecule has 5 heteroatoms. The van der Waals surface area contributed by atoms with Gasteiger partial charge in [0.1, 0.15) is 0 Å². The summed E-state index contributed by atoms with van der Waals surface area (Å²) in [4.78, 5) is 14.8. The molecule has 0 bridgehead atoms. The zero-order valence-electron chi connectivity index (χ0n) is 16.6. The van der Waals surface area contributed by atoms with Gasteiger partial charge in [-0.15, -0.1) is 0 Å². The molecule has 0 saturated heterocycles. The van der Waals surface area contributed by atoms with Crippen molar-refractivity contribution < 1.29 is 19.0 Å². The van der Waals surface area contributed by atoms with Gasteiger partial charge in [0.05, 0.1) is 21.3 Å². The van der Waals surface area contributed by atoms with Crippen LogP contribution in [0.25, 0.3) is 6.08 Å². The molecule has 0 aliphatic carbocycles. The van der Waals surface area contributed by atoms with Crippen LogP contribution >= 0.6 is 0 Å². The lowest BCUT2D eigenvalue weighted by Crippen LogP contribution is -2.32. The standard InChI is InChI=1S/C22H27NO4/c1-6-23(15-16(2)12-17-10-8-7-9-11-17)22(24)18-13-19(25-3)21(27-5)20(14-18)26-4/h7-14H,6,15H2,1-5H3/b16-12+. The summed E-state index contributed by atoms with van der Waals surface area (Å²) >= 11 is 0. The smallest absolute Gasteiger partial charge is 0.254 e. The van der Waals surface area contributed by atoms with Crippen molar-refractivity contribution in [2.24, 2.45) is 0 Å². The third kappa shape index (κ3) is 5.03. The van der Waals surface area contributed by atoms with Crippen molar-refractivity contribution in [3.8, 4) is 17.2 Å². The quantitative estimate of drug-likeness (QED) is 0.697. The molecular weight excluding hydrogens is 342 g/mol. The van der Waals surface area contributed by atoms with Crippen LogP contribution in [0.4, 0.5) is 0 Å². The summed E-state index contributed by atoms with van der Waals surface area (Å²) in [5, 5.41) is 0. The van der Waals surface area contributed by atoms with Gasteiger partial charge in [0.2, 0.25) is 5.75 Å². The minimum Gasteiger partial charge on any atom is -0.493 e. The number of carbonyl (C=O) groups excluding carboxylic acids is 1. The molecule has 0 fully saturated rings. The normalized spacial score (nSPS) is 11.1. The number of likely N-dealkylation sites (N-methyl/N-ethyl adjacent to an activating group) is 1. The summed E-state index contributed by atoms with van der Waals surface area (Å²) in [6, 6.07) is 13.4. The Kier molecular flexibility index (Phi) is 7.29. The Hall–Kier alpha value is -2.95. The second-order valence-electron chi connectivity index (χ2n) is 6.13. The molecule has 0 N–H and O–H groups in total. The van der Waals surface area contributed by atoms with Gasteiger partial charge in [0, 0.05) is 18.7 Å². The largest absolute Gasteiger partial charge is 0.493 e. The van der Waals surface area contributed by atoms with Crippen LogP contribution < -0.4 is 14.2 Å². The third-order valence-electron chi connectivity index (χ3n) is 4.23. The summed E-state index contributed by atoms with van der Waals surface area (Å²) in [6.07, 6.45) is 2.09. The third-order valence-corrected chi connectivity index (χ3v) is 4.23. The highest BCUT2D eigenvalue weighted by molar-refractivity contribution is 5.96. The molecule has 2 aromatic carbocycles. The molecule has 5 nitrogen and oxygen atoms in total. The maximum Gasteiger partial charge on any atom is 0.254 e. The Balaban J connectivity index is 2.27. The molecule has 2 aromatic rings. The summed E-state index contributed by atoms with van der Waals surface area (Å²) in [6.45, 7) is 5.13. The van der Waals surface area contributed by atoms with E-state index in [0.29, 0.717) is 35.9 Å². The molecule has 0 unspecified atom stereocenters. The number of hydrogen-bond donors (Lipinski definition) is 0. The first-order chi connectivity index (χ1) is 13.0. The number of rotatable bonds is 8. The van der Waals surface area contributed by atoms with Gasteiger partial charge in [0.15, 0.2) is 11.5 Å². The predicted octanol–water partition coefficient (Wildman–Crippen LogP) is 4.28. The first-order valence-corrected chi connectivity index (χ1v) is 8.85. The molecule has 27 heavy (non-hydrogen) atoms. The summed E-state index contributed by atoms with van der Waals surface area (Å²) in [7, 11) is 4.61. The maximum absolute atomic E-state index is 13.0. The van der Waals surface area contributed by atoms with Gasteiger partial charge in [-0.1, -0.05) is 42.0 Å². The Morgan fingerprint density at radius 1 is 1.00 bits per heavy atom. The number of nitrogens with zero attached hydrogens (tertiary/aromatic N) is 1. The van der Waals surface area contributed by atoms with E-state index in [9.17, 15) is 4.79 Å². The molecule has 1 amide bonds. The van der Waals surface area contributed by atoms with Crippen molar-refractivity contribution in [3.05, 3.63) is 59.2 Å². The molecule has 0 radical (unpaired) electrons. The Bertz CT molecular complexity index is 774. The fraction of sp³-hybridized carbons (Fsp3) is 0.318. The number of benzene rings is 2. The lowest BCUT2D eigenvalue weighted by atomic mass is 10.1. The van der Waals surface area contributed by atoms with Gasteiger partial charge in [-0.05, 0) is 31.5 Å². The minimum absolute atomic E-state index is 0.0856. The van der Waals surface area contributed by atoms with Crippen molar-refractivity contribution >= 4 is 12.0 Å². The molecule has 144 valence electrons. The van der Waals surface area contributed by atoms with Crippen LogP contribution in [-0.2, 0) is 0 Å². The van der Waals surface area contributed by atoms with Gasteiger partial charge in [-0.3, -0.25) is 4.79 Å². The Morgan fingerprint density at radius 2 is 1.59 bits per heavy atom. The van der Waals surface area contributed by atoms with Crippen LogP contribution in [0.15, 0.2) is 48.0 Å². The summed E-state index contributed by atoms with van der Waals surface area (Å²) < 4.78 is 16.0. The molecule has 0 heterocycles. The van der Waals surface area contributed by atoms with Crippen molar-refractivity contribution in [2.45, 2.75) is 13.8 Å². The number of ether oxygens (including phenoxy) is 3. The molecule has 0 aromatic heterocycles. The highest BCUT2D eigenvalue weighted by Gasteiger charge is 2.20. The maximum atomic E-state index is 13.0. The van der Waals surface area contributed by atoms with E-state index in [4.69, 9.17) is 14.2 Å². The second kappa shape index (κ2) is 9.67. The van der Waals surface area contributed by atoms with Gasteiger partial charge in [-0.25, -0.2) is 0 Å². The summed E-state index contributed by atoms with van der Waals surface area (Å²) in [5.41, 5.74) is 2.72. The van der Waals surface area contributed by atoms with Crippen molar-refractivity contribution in [1.29, 1.82) is 0 Å². The molecular formula is C22H27NO4. The van der Waals surface area contributed by atoms with Gasteiger partial charge >= 0.3 is 0 Å². The van der Waals surface area contributed by atoms with Crippen molar-refractivity contribution in [3.63, 3.8) is 0 Å². The van der Waals surface area contributed by atoms with Crippen molar-refractivity contribution in [1.82, 2.24) is 4.90 Å². The van der Waals surface area contributed by atoms with Crippen LogP contribution in [0.1, 0.15) is 29.8 Å². The zero-order chi connectivity index (χ0) is 19.8.